The van der Waals surface area contributed by atoms with Crippen LogP contribution in [-0.2, 0) is 4.79 Å². The molecule has 1 amide bonds. The predicted molar refractivity (Wildman–Crippen MR) is 68.0 cm³/mol. The first-order valence-corrected chi connectivity index (χ1v) is 6.27. The Morgan fingerprint density at radius 1 is 1.44 bits per heavy atom. The fourth-order valence-corrected chi connectivity index (χ4v) is 3.05. The Balaban J connectivity index is 2.13. The number of carbonyl (C=O) groups is 1. The van der Waals surface area contributed by atoms with Gasteiger partial charge < -0.3 is 11.1 Å². The van der Waals surface area contributed by atoms with Crippen molar-refractivity contribution in [1.29, 1.82) is 0 Å². The number of hydrogen-bond acceptors (Lipinski definition) is 4. The maximum atomic E-state index is 13.8. The van der Waals surface area contributed by atoms with E-state index in [1.165, 1.54) is 17.4 Å². The second-order valence-corrected chi connectivity index (χ2v) is 5.15. The van der Waals surface area contributed by atoms with E-state index < -0.39 is 0 Å². The highest BCUT2D eigenvalue weighted by Gasteiger charge is 2.31. The minimum atomic E-state index is -0.310. The molecule has 4 nitrogen and oxygen atoms in total. The molecule has 1 atom stereocenters. The summed E-state index contributed by atoms with van der Waals surface area (Å²) in [6, 6.07) is 6.48. The molecule has 0 radical (unpaired) electrons. The van der Waals surface area contributed by atoms with Crippen molar-refractivity contribution in [3.8, 4) is 0 Å². The molecule has 1 aliphatic rings. The van der Waals surface area contributed by atoms with Crippen molar-refractivity contribution in [2.75, 3.05) is 11.1 Å². The van der Waals surface area contributed by atoms with Crippen molar-refractivity contribution in [2.24, 2.45) is 0 Å². The van der Waals surface area contributed by atoms with Crippen molar-refractivity contribution in [2.45, 2.75) is 12.3 Å². The summed E-state index contributed by atoms with van der Waals surface area (Å²) in [5.41, 5.74) is 6.16. The topological polar surface area (TPSA) is 68.0 Å². The molecule has 92 valence electrons. The monoisotopic (exact) mass is 263 g/mol. The Morgan fingerprint density at radius 3 is 3.00 bits per heavy atom. The molecule has 18 heavy (non-hydrogen) atoms. The summed E-state index contributed by atoms with van der Waals surface area (Å²) in [6.45, 7) is 0. The lowest BCUT2D eigenvalue weighted by Gasteiger charge is -2.21. The molecule has 6 heteroatoms. The average Bonchev–Trinajstić information content (AvgIpc) is 2.69. The van der Waals surface area contributed by atoms with Crippen LogP contribution in [-0.4, -0.2) is 10.9 Å². The first-order chi connectivity index (χ1) is 8.65. The number of fused-ring (bicyclic) bond motifs is 1. The third-order valence-corrected chi connectivity index (χ3v) is 3.91. The maximum Gasteiger partial charge on any atom is 0.226 e. The van der Waals surface area contributed by atoms with Crippen molar-refractivity contribution >= 4 is 28.2 Å². The first kappa shape index (κ1) is 11.2. The number of halogens is 1. The second kappa shape index (κ2) is 4.06. The molecule has 0 bridgehead atoms. The zero-order valence-corrected chi connectivity index (χ0v) is 10.1. The summed E-state index contributed by atoms with van der Waals surface area (Å²) in [5.74, 6) is -0.317. The zero-order chi connectivity index (χ0) is 12.7. The molecule has 3 rings (SSSR count). The minimum absolute atomic E-state index is 0.166. The number of nitrogen functional groups attached to an aromatic ring is 1. The number of thiazole rings is 1. The number of aromatic nitrogens is 1. The maximum absolute atomic E-state index is 13.8. The molecule has 0 unspecified atom stereocenters. The van der Waals surface area contributed by atoms with Crippen molar-refractivity contribution < 1.29 is 9.18 Å². The summed E-state index contributed by atoms with van der Waals surface area (Å²) >= 11 is 1.29. The van der Waals surface area contributed by atoms with Gasteiger partial charge >= 0.3 is 0 Å². The fourth-order valence-electron chi connectivity index (χ4n) is 2.14. The summed E-state index contributed by atoms with van der Waals surface area (Å²) < 4.78 is 13.8. The van der Waals surface area contributed by atoms with E-state index in [1.807, 2.05) is 0 Å². The summed E-state index contributed by atoms with van der Waals surface area (Å²) in [5, 5.41) is 3.04. The second-order valence-electron chi connectivity index (χ2n) is 4.09. The number of carbonyl (C=O) groups excluding carboxylic acids is 1. The van der Waals surface area contributed by atoms with Crippen molar-refractivity contribution in [1.82, 2.24) is 4.98 Å². The normalized spacial score (nSPS) is 18.3. The lowest BCUT2D eigenvalue weighted by molar-refractivity contribution is -0.116. The number of rotatable bonds is 1. The van der Waals surface area contributed by atoms with Crippen LogP contribution in [0.15, 0.2) is 24.3 Å². The van der Waals surface area contributed by atoms with E-state index in [4.69, 9.17) is 5.73 Å². The molecule has 0 fully saturated rings. The fraction of sp³-hybridized carbons (Fsp3) is 0.167. The minimum Gasteiger partial charge on any atom is -0.375 e. The van der Waals surface area contributed by atoms with Crippen LogP contribution in [0, 0.1) is 5.82 Å². The smallest absolute Gasteiger partial charge is 0.226 e. The standard InChI is InChI=1S/C12H10FN3OS/c13-8-4-2-1-3-6(8)7-5-9(17)15-11-10(7)18-12(14)16-11/h1-4,7H,5H2,(H2,14,16)(H,15,17)/t7-/m1/s1. The third-order valence-electron chi connectivity index (χ3n) is 2.91. The van der Waals surface area contributed by atoms with Crippen LogP contribution in [0.4, 0.5) is 15.3 Å². The number of anilines is 2. The first-order valence-electron chi connectivity index (χ1n) is 5.45. The molecule has 1 aromatic heterocycles. The van der Waals surface area contributed by atoms with Gasteiger partial charge in [0.1, 0.15) is 11.6 Å². The number of nitrogens with one attached hydrogen (secondary N) is 1. The number of nitrogens with two attached hydrogens (primary N) is 1. The van der Waals surface area contributed by atoms with E-state index in [9.17, 15) is 9.18 Å². The van der Waals surface area contributed by atoms with Crippen molar-refractivity contribution in [3.63, 3.8) is 0 Å². The number of hydrogen-bond donors (Lipinski definition) is 2. The van der Waals surface area contributed by atoms with Crippen LogP contribution in [0.25, 0.3) is 0 Å². The largest absolute Gasteiger partial charge is 0.375 e. The number of amides is 1. The van der Waals surface area contributed by atoms with E-state index in [-0.39, 0.29) is 24.1 Å². The molecule has 0 saturated carbocycles. The van der Waals surface area contributed by atoms with E-state index in [1.54, 1.807) is 18.2 Å². The van der Waals surface area contributed by atoms with Gasteiger partial charge in [-0.2, -0.15) is 0 Å². The third kappa shape index (κ3) is 1.74. The van der Waals surface area contributed by atoms with Crippen LogP contribution in [0.3, 0.4) is 0 Å². The quantitative estimate of drug-likeness (QED) is 0.829. The SMILES string of the molecule is Nc1nc2c(s1)[C@@H](c1ccccc1F)CC(=O)N2. The van der Waals surface area contributed by atoms with Crippen LogP contribution < -0.4 is 11.1 Å². The highest BCUT2D eigenvalue weighted by atomic mass is 32.1. The molecule has 1 aromatic carbocycles. The summed E-state index contributed by atoms with van der Waals surface area (Å²) in [7, 11) is 0. The Kier molecular flexibility index (Phi) is 2.52. The van der Waals surface area contributed by atoms with E-state index in [0.29, 0.717) is 16.5 Å². The van der Waals surface area contributed by atoms with Crippen LogP contribution >= 0.6 is 11.3 Å². The number of nitrogens with zero attached hydrogens (tertiary/aromatic N) is 1. The van der Waals surface area contributed by atoms with Gasteiger partial charge in [0.05, 0.1) is 4.88 Å². The van der Waals surface area contributed by atoms with E-state index >= 15 is 0 Å². The zero-order valence-electron chi connectivity index (χ0n) is 9.31. The molecule has 2 aromatic rings. The Hall–Kier alpha value is -1.95. The molecule has 0 saturated heterocycles. The molecule has 0 spiro atoms. The van der Waals surface area contributed by atoms with Crippen LogP contribution in [0.5, 0.6) is 0 Å². The molecular weight excluding hydrogens is 253 g/mol. The van der Waals surface area contributed by atoms with Crippen LogP contribution in [0.1, 0.15) is 22.8 Å². The highest BCUT2D eigenvalue weighted by Crippen LogP contribution is 2.41. The average molecular weight is 263 g/mol. The molecule has 0 aliphatic carbocycles. The van der Waals surface area contributed by atoms with Gasteiger partial charge in [0.2, 0.25) is 5.91 Å². The van der Waals surface area contributed by atoms with Gasteiger partial charge in [-0.1, -0.05) is 29.5 Å². The lowest BCUT2D eigenvalue weighted by Crippen LogP contribution is -2.23. The lowest BCUT2D eigenvalue weighted by atomic mass is 9.91. The highest BCUT2D eigenvalue weighted by molar-refractivity contribution is 7.16. The van der Waals surface area contributed by atoms with E-state index in [2.05, 4.69) is 10.3 Å². The Bertz CT molecular complexity index is 626. The summed E-state index contributed by atoms with van der Waals surface area (Å²) in [6.07, 6.45) is 0.218. The molecule has 1 aliphatic heterocycles. The van der Waals surface area contributed by atoms with Gasteiger partial charge in [0, 0.05) is 12.3 Å². The van der Waals surface area contributed by atoms with Gasteiger partial charge in [-0.05, 0) is 11.6 Å². The Labute approximate surface area is 107 Å². The van der Waals surface area contributed by atoms with Gasteiger partial charge in [-0.3, -0.25) is 4.79 Å². The van der Waals surface area contributed by atoms with E-state index in [0.717, 1.165) is 4.88 Å². The molecular formula is C12H10FN3OS. The van der Waals surface area contributed by atoms with Gasteiger partial charge in [-0.25, -0.2) is 9.37 Å². The Morgan fingerprint density at radius 2 is 2.22 bits per heavy atom. The van der Waals surface area contributed by atoms with Crippen molar-refractivity contribution in [3.05, 3.63) is 40.5 Å². The van der Waals surface area contributed by atoms with Gasteiger partial charge in [0.15, 0.2) is 5.13 Å². The molecule has 3 N–H and O–H groups in total. The van der Waals surface area contributed by atoms with Gasteiger partial charge in [0.25, 0.3) is 0 Å². The summed E-state index contributed by atoms with van der Waals surface area (Å²) in [4.78, 5) is 16.5. The number of benzene rings is 1. The van der Waals surface area contributed by atoms with Gasteiger partial charge in [-0.15, -0.1) is 0 Å². The molecule has 2 heterocycles. The predicted octanol–water partition coefficient (Wildman–Crippen LogP) is 2.34. The van der Waals surface area contributed by atoms with Crippen LogP contribution in [0.2, 0.25) is 0 Å².